The lowest BCUT2D eigenvalue weighted by Gasteiger charge is -2.18. The third-order valence-electron chi connectivity index (χ3n) is 4.85. The van der Waals surface area contributed by atoms with E-state index in [1.54, 1.807) is 4.90 Å². The van der Waals surface area contributed by atoms with Gasteiger partial charge in [0.25, 0.3) is 0 Å². The maximum Gasteiger partial charge on any atom is 0.337 e. The molecule has 152 valence electrons. The lowest BCUT2D eigenvalue weighted by Crippen LogP contribution is -2.28. The summed E-state index contributed by atoms with van der Waals surface area (Å²) in [5.41, 5.74) is 1.76. The smallest absolute Gasteiger partial charge is 0.337 e. The number of methoxy groups -OCH3 is 2. The van der Waals surface area contributed by atoms with Crippen LogP contribution >= 0.6 is 0 Å². The van der Waals surface area contributed by atoms with E-state index in [0.29, 0.717) is 0 Å². The molecule has 1 fully saturated rings. The molecule has 0 saturated carbocycles. The standard InChI is InChI=1S/C21H22N2O6/c1-12-4-6-14(7-5-12)23-11-13(8-19(23)24)20(25)22-16-10-18(29-3)17(28-2)9-15(16)21(26)27/h4-7,9-10,13H,8,11H2,1-3H3,(H,22,25)(H,26,27). The molecule has 0 radical (unpaired) electrons. The van der Waals surface area contributed by atoms with Crippen LogP contribution in [-0.4, -0.2) is 43.7 Å². The van der Waals surface area contributed by atoms with Gasteiger partial charge in [0, 0.05) is 30.8 Å². The van der Waals surface area contributed by atoms with E-state index < -0.39 is 17.8 Å². The topological polar surface area (TPSA) is 105 Å². The van der Waals surface area contributed by atoms with E-state index in [2.05, 4.69) is 5.32 Å². The largest absolute Gasteiger partial charge is 0.493 e. The number of aromatic carboxylic acids is 1. The fourth-order valence-corrected chi connectivity index (χ4v) is 3.25. The number of hydrogen-bond acceptors (Lipinski definition) is 5. The van der Waals surface area contributed by atoms with Crippen LogP contribution in [0.5, 0.6) is 11.5 Å². The van der Waals surface area contributed by atoms with E-state index in [9.17, 15) is 19.5 Å². The van der Waals surface area contributed by atoms with Gasteiger partial charge in [-0.1, -0.05) is 17.7 Å². The number of carboxylic acid groups (broad SMARTS) is 1. The molecule has 8 heteroatoms. The normalized spacial score (nSPS) is 15.9. The van der Waals surface area contributed by atoms with Gasteiger partial charge in [-0.3, -0.25) is 9.59 Å². The fraction of sp³-hybridized carbons (Fsp3) is 0.286. The average molecular weight is 398 g/mol. The van der Waals surface area contributed by atoms with Gasteiger partial charge in [-0.2, -0.15) is 0 Å². The molecule has 1 aliphatic heterocycles. The van der Waals surface area contributed by atoms with Gasteiger partial charge in [0.2, 0.25) is 11.8 Å². The second-order valence-corrected chi connectivity index (χ2v) is 6.79. The molecular weight excluding hydrogens is 376 g/mol. The Labute approximate surface area is 168 Å². The number of amides is 2. The molecule has 8 nitrogen and oxygen atoms in total. The first-order chi connectivity index (χ1) is 13.8. The van der Waals surface area contributed by atoms with Crippen LogP contribution in [0.25, 0.3) is 0 Å². The molecule has 2 aromatic rings. The van der Waals surface area contributed by atoms with Crippen LogP contribution in [0.2, 0.25) is 0 Å². The quantitative estimate of drug-likeness (QED) is 0.775. The molecule has 1 unspecified atom stereocenters. The summed E-state index contributed by atoms with van der Waals surface area (Å²) in [7, 11) is 2.81. The van der Waals surface area contributed by atoms with Crippen molar-refractivity contribution in [2.24, 2.45) is 5.92 Å². The number of ether oxygens (including phenoxy) is 2. The third-order valence-corrected chi connectivity index (χ3v) is 4.85. The van der Waals surface area contributed by atoms with Crippen LogP contribution < -0.4 is 19.7 Å². The van der Waals surface area contributed by atoms with Gasteiger partial charge in [-0.25, -0.2) is 4.79 Å². The van der Waals surface area contributed by atoms with E-state index >= 15 is 0 Å². The lowest BCUT2D eigenvalue weighted by molar-refractivity contribution is -0.122. The Morgan fingerprint density at radius 1 is 1.10 bits per heavy atom. The van der Waals surface area contributed by atoms with Crippen molar-refractivity contribution >= 4 is 29.2 Å². The molecule has 0 spiro atoms. The van der Waals surface area contributed by atoms with Gasteiger partial charge in [0.1, 0.15) is 0 Å². The summed E-state index contributed by atoms with van der Waals surface area (Å²) in [6, 6.07) is 10.2. The molecular formula is C21H22N2O6. The second-order valence-electron chi connectivity index (χ2n) is 6.79. The molecule has 0 aromatic heterocycles. The van der Waals surface area contributed by atoms with Gasteiger partial charge < -0.3 is 24.8 Å². The number of aryl methyl sites for hydroxylation is 1. The first-order valence-electron chi connectivity index (χ1n) is 9.01. The molecule has 0 aliphatic carbocycles. The summed E-state index contributed by atoms with van der Waals surface area (Å²) in [5.74, 6) is -1.87. The van der Waals surface area contributed by atoms with Gasteiger partial charge in [0.15, 0.2) is 11.5 Å². The van der Waals surface area contributed by atoms with Crippen molar-refractivity contribution in [1.29, 1.82) is 0 Å². The predicted octanol–water partition coefficient (Wildman–Crippen LogP) is 2.70. The number of hydrogen-bond donors (Lipinski definition) is 2. The molecule has 1 saturated heterocycles. The number of carboxylic acids is 1. The molecule has 2 N–H and O–H groups in total. The van der Waals surface area contributed by atoms with Crippen molar-refractivity contribution in [2.45, 2.75) is 13.3 Å². The number of anilines is 2. The van der Waals surface area contributed by atoms with Crippen molar-refractivity contribution in [3.8, 4) is 11.5 Å². The minimum atomic E-state index is -1.22. The summed E-state index contributed by atoms with van der Waals surface area (Å²) in [5, 5.41) is 12.1. The zero-order valence-corrected chi connectivity index (χ0v) is 16.4. The Balaban J connectivity index is 1.81. The van der Waals surface area contributed by atoms with Crippen LogP contribution in [0, 0.1) is 12.8 Å². The Kier molecular flexibility index (Phi) is 5.72. The summed E-state index contributed by atoms with van der Waals surface area (Å²) in [6.45, 7) is 2.18. The first kappa shape index (κ1) is 20.2. The fourth-order valence-electron chi connectivity index (χ4n) is 3.25. The first-order valence-corrected chi connectivity index (χ1v) is 9.01. The SMILES string of the molecule is COc1cc(NC(=O)C2CC(=O)N(c3ccc(C)cc3)C2)c(C(=O)O)cc1OC. The van der Waals surface area contributed by atoms with E-state index in [1.165, 1.54) is 26.4 Å². The Hall–Kier alpha value is -3.55. The van der Waals surface area contributed by atoms with E-state index in [-0.39, 0.29) is 41.6 Å². The van der Waals surface area contributed by atoms with Crippen molar-refractivity contribution in [3.63, 3.8) is 0 Å². The molecule has 2 amide bonds. The lowest BCUT2D eigenvalue weighted by atomic mass is 10.1. The Morgan fingerprint density at radius 3 is 2.31 bits per heavy atom. The molecule has 1 atom stereocenters. The van der Waals surface area contributed by atoms with E-state index in [4.69, 9.17) is 9.47 Å². The van der Waals surface area contributed by atoms with Crippen LogP contribution in [-0.2, 0) is 9.59 Å². The minimum Gasteiger partial charge on any atom is -0.493 e. The highest BCUT2D eigenvalue weighted by Gasteiger charge is 2.35. The highest BCUT2D eigenvalue weighted by molar-refractivity contribution is 6.06. The van der Waals surface area contributed by atoms with Crippen molar-refractivity contribution in [3.05, 3.63) is 47.5 Å². The molecule has 29 heavy (non-hydrogen) atoms. The summed E-state index contributed by atoms with van der Waals surface area (Å²) in [4.78, 5) is 38.3. The molecule has 3 rings (SSSR count). The highest BCUT2D eigenvalue weighted by atomic mass is 16.5. The second kappa shape index (κ2) is 8.22. The number of carbonyl (C=O) groups excluding carboxylic acids is 2. The van der Waals surface area contributed by atoms with Gasteiger partial charge in [-0.15, -0.1) is 0 Å². The molecule has 0 bridgehead atoms. The summed E-state index contributed by atoms with van der Waals surface area (Å²) in [6.07, 6.45) is 0.0510. The average Bonchev–Trinajstić information content (AvgIpc) is 3.09. The third kappa shape index (κ3) is 4.16. The summed E-state index contributed by atoms with van der Waals surface area (Å²) >= 11 is 0. The van der Waals surface area contributed by atoms with Crippen LogP contribution in [0.15, 0.2) is 36.4 Å². The van der Waals surface area contributed by atoms with Gasteiger partial charge in [0.05, 0.1) is 31.4 Å². The van der Waals surface area contributed by atoms with Crippen LogP contribution in [0.1, 0.15) is 22.3 Å². The molecule has 2 aromatic carbocycles. The summed E-state index contributed by atoms with van der Waals surface area (Å²) < 4.78 is 10.3. The van der Waals surface area contributed by atoms with Crippen LogP contribution in [0.4, 0.5) is 11.4 Å². The highest BCUT2D eigenvalue weighted by Crippen LogP contribution is 2.34. The zero-order valence-electron chi connectivity index (χ0n) is 16.4. The Bertz CT molecular complexity index is 954. The minimum absolute atomic E-state index is 0.0510. The number of rotatable bonds is 6. The van der Waals surface area contributed by atoms with E-state index in [0.717, 1.165) is 11.3 Å². The maximum atomic E-state index is 12.8. The number of carbonyl (C=O) groups is 3. The number of benzene rings is 2. The number of nitrogens with zero attached hydrogens (tertiary/aromatic N) is 1. The zero-order chi connectivity index (χ0) is 21.1. The van der Waals surface area contributed by atoms with E-state index in [1.807, 2.05) is 31.2 Å². The van der Waals surface area contributed by atoms with Crippen molar-refractivity contribution < 1.29 is 29.0 Å². The monoisotopic (exact) mass is 398 g/mol. The van der Waals surface area contributed by atoms with Gasteiger partial charge in [-0.05, 0) is 19.1 Å². The molecule has 1 aliphatic rings. The van der Waals surface area contributed by atoms with Gasteiger partial charge >= 0.3 is 5.97 Å². The van der Waals surface area contributed by atoms with Crippen molar-refractivity contribution in [1.82, 2.24) is 0 Å². The predicted molar refractivity (Wildman–Crippen MR) is 107 cm³/mol. The maximum absolute atomic E-state index is 12.8. The van der Waals surface area contributed by atoms with Crippen molar-refractivity contribution in [2.75, 3.05) is 31.0 Å². The van der Waals surface area contributed by atoms with Crippen LogP contribution in [0.3, 0.4) is 0 Å². The molecule has 1 heterocycles. The number of nitrogens with one attached hydrogen (secondary N) is 1. The Morgan fingerprint density at radius 2 is 1.72 bits per heavy atom.